The molecule has 28 heavy (non-hydrogen) atoms. The SMILES string of the molecule is C=CCOc1ccc(/C=C2\NC(=S)N(c3ccc(OC)cc3)C2=O)cc1OC. The minimum absolute atomic E-state index is 0.235. The number of hydrogen-bond acceptors (Lipinski definition) is 5. The lowest BCUT2D eigenvalue weighted by Gasteiger charge is -2.14. The average molecular weight is 396 g/mol. The molecular formula is C21H20N2O4S. The van der Waals surface area contributed by atoms with Gasteiger partial charge in [-0.3, -0.25) is 9.69 Å². The molecule has 0 bridgehead atoms. The number of ether oxygens (including phenoxy) is 3. The highest BCUT2D eigenvalue weighted by Crippen LogP contribution is 2.30. The Morgan fingerprint density at radius 1 is 1.11 bits per heavy atom. The van der Waals surface area contributed by atoms with Gasteiger partial charge in [-0.25, -0.2) is 0 Å². The van der Waals surface area contributed by atoms with Gasteiger partial charge in [0.15, 0.2) is 16.6 Å². The fourth-order valence-corrected chi connectivity index (χ4v) is 3.01. The van der Waals surface area contributed by atoms with Gasteiger partial charge < -0.3 is 19.5 Å². The summed E-state index contributed by atoms with van der Waals surface area (Å²) in [4.78, 5) is 14.3. The van der Waals surface area contributed by atoms with Crippen LogP contribution in [0.25, 0.3) is 6.08 Å². The van der Waals surface area contributed by atoms with Crippen molar-refractivity contribution < 1.29 is 19.0 Å². The van der Waals surface area contributed by atoms with E-state index in [-0.39, 0.29) is 5.91 Å². The number of benzene rings is 2. The van der Waals surface area contributed by atoms with Crippen LogP contribution in [0.5, 0.6) is 17.2 Å². The first-order valence-electron chi connectivity index (χ1n) is 8.50. The first-order chi connectivity index (χ1) is 13.6. The number of carbonyl (C=O) groups is 1. The molecule has 1 fully saturated rings. The number of hydrogen-bond donors (Lipinski definition) is 1. The minimum Gasteiger partial charge on any atom is -0.497 e. The zero-order chi connectivity index (χ0) is 20.1. The number of nitrogens with one attached hydrogen (secondary N) is 1. The summed E-state index contributed by atoms with van der Waals surface area (Å²) in [7, 11) is 3.15. The van der Waals surface area contributed by atoms with E-state index < -0.39 is 0 Å². The van der Waals surface area contributed by atoms with E-state index in [0.29, 0.717) is 40.4 Å². The molecule has 0 spiro atoms. The molecule has 1 aliphatic heterocycles. The predicted molar refractivity (Wildman–Crippen MR) is 113 cm³/mol. The molecule has 0 aliphatic carbocycles. The molecule has 0 radical (unpaired) electrons. The Balaban J connectivity index is 1.85. The summed E-state index contributed by atoms with van der Waals surface area (Å²) in [6.07, 6.45) is 3.38. The number of anilines is 1. The van der Waals surface area contributed by atoms with Crippen LogP contribution in [0.15, 0.2) is 60.8 Å². The number of methoxy groups -OCH3 is 2. The molecule has 2 aromatic rings. The molecule has 1 saturated heterocycles. The lowest BCUT2D eigenvalue weighted by atomic mass is 10.1. The van der Waals surface area contributed by atoms with Crippen LogP contribution in [0, 0.1) is 0 Å². The maximum Gasteiger partial charge on any atom is 0.281 e. The Labute approximate surface area is 169 Å². The predicted octanol–water partition coefficient (Wildman–Crippen LogP) is 3.53. The Bertz CT molecular complexity index is 938. The van der Waals surface area contributed by atoms with Gasteiger partial charge in [0.25, 0.3) is 5.91 Å². The van der Waals surface area contributed by atoms with Gasteiger partial charge in [0.2, 0.25) is 0 Å². The lowest BCUT2D eigenvalue weighted by molar-refractivity contribution is -0.113. The third-order valence-electron chi connectivity index (χ3n) is 4.06. The summed E-state index contributed by atoms with van der Waals surface area (Å²) < 4.78 is 16.1. The van der Waals surface area contributed by atoms with Crippen LogP contribution in [0.2, 0.25) is 0 Å². The second-order valence-electron chi connectivity index (χ2n) is 5.84. The van der Waals surface area contributed by atoms with Gasteiger partial charge in [0.05, 0.1) is 19.9 Å². The van der Waals surface area contributed by atoms with Crippen LogP contribution in [-0.4, -0.2) is 31.8 Å². The third-order valence-corrected chi connectivity index (χ3v) is 4.35. The zero-order valence-corrected chi connectivity index (χ0v) is 16.4. The minimum atomic E-state index is -0.235. The maximum absolute atomic E-state index is 12.8. The highest BCUT2D eigenvalue weighted by Gasteiger charge is 2.32. The molecule has 3 rings (SSSR count). The number of rotatable bonds is 7. The number of thiocarbonyl (C=S) groups is 1. The van der Waals surface area contributed by atoms with E-state index in [9.17, 15) is 4.79 Å². The molecule has 0 unspecified atom stereocenters. The van der Waals surface area contributed by atoms with Crippen molar-refractivity contribution in [2.75, 3.05) is 25.7 Å². The topological polar surface area (TPSA) is 60.0 Å². The standard InChI is InChI=1S/C21H20N2O4S/c1-4-11-27-18-10-5-14(13-19(18)26-3)12-17-20(24)23(21(28)22-17)15-6-8-16(25-2)9-7-15/h4-10,12-13H,1,11H2,2-3H3,(H,22,28)/b17-12-. The molecular weight excluding hydrogens is 376 g/mol. The van der Waals surface area contributed by atoms with Crippen molar-refractivity contribution in [2.45, 2.75) is 0 Å². The summed E-state index contributed by atoms with van der Waals surface area (Å²) >= 11 is 5.34. The van der Waals surface area contributed by atoms with Crippen LogP contribution in [-0.2, 0) is 4.79 Å². The average Bonchev–Trinajstić information content (AvgIpc) is 3.00. The van der Waals surface area contributed by atoms with Gasteiger partial charge in [-0.05, 0) is 60.3 Å². The highest BCUT2D eigenvalue weighted by atomic mass is 32.1. The number of amides is 1. The maximum atomic E-state index is 12.8. The van der Waals surface area contributed by atoms with Gasteiger partial charge in [0.1, 0.15) is 18.1 Å². The van der Waals surface area contributed by atoms with Gasteiger partial charge in [-0.2, -0.15) is 0 Å². The van der Waals surface area contributed by atoms with Crippen molar-refractivity contribution in [3.63, 3.8) is 0 Å². The molecule has 7 heteroatoms. The van der Waals surface area contributed by atoms with E-state index in [1.165, 1.54) is 4.90 Å². The van der Waals surface area contributed by atoms with Crippen molar-refractivity contribution in [1.82, 2.24) is 5.32 Å². The fourth-order valence-electron chi connectivity index (χ4n) is 2.71. The van der Waals surface area contributed by atoms with Gasteiger partial charge in [-0.15, -0.1) is 0 Å². The van der Waals surface area contributed by atoms with Gasteiger partial charge in [0, 0.05) is 0 Å². The van der Waals surface area contributed by atoms with E-state index in [1.54, 1.807) is 62.8 Å². The normalized spacial score (nSPS) is 14.8. The van der Waals surface area contributed by atoms with E-state index >= 15 is 0 Å². The van der Waals surface area contributed by atoms with E-state index in [0.717, 1.165) is 5.56 Å². The smallest absolute Gasteiger partial charge is 0.281 e. The molecule has 6 nitrogen and oxygen atoms in total. The second kappa shape index (κ2) is 8.58. The highest BCUT2D eigenvalue weighted by molar-refractivity contribution is 7.80. The van der Waals surface area contributed by atoms with Crippen molar-refractivity contribution in [3.8, 4) is 17.2 Å². The lowest BCUT2D eigenvalue weighted by Crippen LogP contribution is -2.30. The molecule has 0 saturated carbocycles. The Morgan fingerprint density at radius 3 is 2.50 bits per heavy atom. The monoisotopic (exact) mass is 396 g/mol. The van der Waals surface area contributed by atoms with E-state index in [1.807, 2.05) is 6.07 Å². The van der Waals surface area contributed by atoms with Crippen molar-refractivity contribution >= 4 is 35.0 Å². The number of nitrogens with zero attached hydrogens (tertiary/aromatic N) is 1. The largest absolute Gasteiger partial charge is 0.497 e. The zero-order valence-electron chi connectivity index (χ0n) is 15.6. The molecule has 2 aromatic carbocycles. The quantitative estimate of drug-likeness (QED) is 0.439. The van der Waals surface area contributed by atoms with Crippen molar-refractivity contribution in [1.29, 1.82) is 0 Å². The van der Waals surface area contributed by atoms with Crippen LogP contribution in [0.3, 0.4) is 0 Å². The van der Waals surface area contributed by atoms with E-state index in [4.69, 9.17) is 26.4 Å². The summed E-state index contributed by atoms with van der Waals surface area (Å²) in [5, 5.41) is 3.29. The van der Waals surface area contributed by atoms with E-state index in [2.05, 4.69) is 11.9 Å². The summed E-state index contributed by atoms with van der Waals surface area (Å²) in [6.45, 7) is 4.01. The summed E-state index contributed by atoms with van der Waals surface area (Å²) in [5.74, 6) is 1.64. The Morgan fingerprint density at radius 2 is 1.86 bits per heavy atom. The Kier molecular flexibility index (Phi) is 5.96. The molecule has 1 aliphatic rings. The fraction of sp³-hybridized carbons (Fsp3) is 0.143. The van der Waals surface area contributed by atoms with Crippen LogP contribution in [0.4, 0.5) is 5.69 Å². The molecule has 0 atom stereocenters. The van der Waals surface area contributed by atoms with Gasteiger partial charge in [-0.1, -0.05) is 18.7 Å². The molecule has 1 N–H and O–H groups in total. The van der Waals surface area contributed by atoms with Crippen LogP contribution >= 0.6 is 12.2 Å². The van der Waals surface area contributed by atoms with Crippen molar-refractivity contribution in [2.24, 2.45) is 0 Å². The number of carbonyl (C=O) groups excluding carboxylic acids is 1. The molecule has 1 heterocycles. The Hall–Kier alpha value is -3.32. The van der Waals surface area contributed by atoms with Crippen LogP contribution in [0.1, 0.15) is 5.56 Å². The van der Waals surface area contributed by atoms with Crippen LogP contribution < -0.4 is 24.4 Å². The van der Waals surface area contributed by atoms with Gasteiger partial charge >= 0.3 is 0 Å². The molecule has 0 aromatic heterocycles. The third kappa shape index (κ3) is 3.99. The van der Waals surface area contributed by atoms with Crippen molar-refractivity contribution in [3.05, 3.63) is 66.4 Å². The first-order valence-corrected chi connectivity index (χ1v) is 8.91. The first kappa shape index (κ1) is 19.4. The summed E-state index contributed by atoms with van der Waals surface area (Å²) in [5.41, 5.74) is 1.82. The molecule has 144 valence electrons. The second-order valence-corrected chi connectivity index (χ2v) is 6.22. The summed E-state index contributed by atoms with van der Waals surface area (Å²) in [6, 6.07) is 12.5. The molecule has 1 amide bonds.